The van der Waals surface area contributed by atoms with Gasteiger partial charge in [0, 0.05) is 25.3 Å². The van der Waals surface area contributed by atoms with Crippen molar-refractivity contribution in [2.75, 3.05) is 12.3 Å². The lowest BCUT2D eigenvalue weighted by Crippen LogP contribution is -2.51. The molecule has 0 saturated heterocycles. The number of hydrogen-bond donors (Lipinski definition) is 1. The van der Waals surface area contributed by atoms with Crippen LogP contribution in [0.2, 0.25) is 10.0 Å². The van der Waals surface area contributed by atoms with E-state index >= 15 is 0 Å². The second-order valence-electron chi connectivity index (χ2n) is 7.95. The maximum absolute atomic E-state index is 14.0. The molecular formula is C27H27Cl2FN2O2S. The number of halogens is 3. The fourth-order valence-corrected chi connectivity index (χ4v) is 4.84. The molecular weight excluding hydrogens is 506 g/mol. The molecule has 0 radical (unpaired) electrons. The maximum atomic E-state index is 14.0. The summed E-state index contributed by atoms with van der Waals surface area (Å²) in [5.41, 5.74) is 2.23. The Bertz CT molecular complexity index is 1150. The normalized spacial score (nSPS) is 11.7. The molecule has 4 nitrogen and oxygen atoms in total. The first-order valence-corrected chi connectivity index (χ1v) is 13.2. The summed E-state index contributed by atoms with van der Waals surface area (Å²) in [7, 11) is 0. The van der Waals surface area contributed by atoms with Gasteiger partial charge in [0.15, 0.2) is 0 Å². The highest BCUT2D eigenvalue weighted by atomic mass is 35.5. The van der Waals surface area contributed by atoms with Gasteiger partial charge in [0.2, 0.25) is 11.8 Å². The van der Waals surface area contributed by atoms with Crippen LogP contribution in [0.1, 0.15) is 23.6 Å². The van der Waals surface area contributed by atoms with Crippen LogP contribution < -0.4 is 5.32 Å². The summed E-state index contributed by atoms with van der Waals surface area (Å²) in [4.78, 5) is 28.2. The quantitative estimate of drug-likeness (QED) is 0.322. The van der Waals surface area contributed by atoms with Crippen molar-refractivity contribution in [1.82, 2.24) is 10.2 Å². The van der Waals surface area contributed by atoms with Crippen LogP contribution >= 0.6 is 35.0 Å². The molecule has 0 aliphatic heterocycles. The predicted octanol–water partition coefficient (Wildman–Crippen LogP) is 6.14. The monoisotopic (exact) mass is 532 g/mol. The highest BCUT2D eigenvalue weighted by Crippen LogP contribution is 2.25. The Morgan fingerprint density at radius 1 is 0.971 bits per heavy atom. The summed E-state index contributed by atoms with van der Waals surface area (Å²) in [6.45, 7) is 2.47. The lowest BCUT2D eigenvalue weighted by atomic mass is 10.0. The van der Waals surface area contributed by atoms with E-state index in [2.05, 4.69) is 5.32 Å². The zero-order chi connectivity index (χ0) is 25.2. The van der Waals surface area contributed by atoms with E-state index in [1.54, 1.807) is 41.3 Å². The van der Waals surface area contributed by atoms with E-state index in [9.17, 15) is 14.0 Å². The Hall–Kier alpha value is -2.54. The predicted molar refractivity (Wildman–Crippen MR) is 142 cm³/mol. The third kappa shape index (κ3) is 7.99. The van der Waals surface area contributed by atoms with Gasteiger partial charge in [-0.15, -0.1) is 11.8 Å². The molecule has 2 amide bonds. The minimum Gasteiger partial charge on any atom is -0.355 e. The number of carbonyl (C=O) groups is 2. The first kappa shape index (κ1) is 27.1. The topological polar surface area (TPSA) is 49.4 Å². The van der Waals surface area contributed by atoms with Gasteiger partial charge in [-0.25, -0.2) is 4.39 Å². The largest absolute Gasteiger partial charge is 0.355 e. The Morgan fingerprint density at radius 2 is 1.69 bits per heavy atom. The number of nitrogens with one attached hydrogen (secondary N) is 1. The average molecular weight is 533 g/mol. The van der Waals surface area contributed by atoms with E-state index in [-0.39, 0.29) is 29.9 Å². The smallest absolute Gasteiger partial charge is 0.243 e. The second-order valence-corrected chi connectivity index (χ2v) is 9.75. The first-order chi connectivity index (χ1) is 16.9. The van der Waals surface area contributed by atoms with Gasteiger partial charge in [0.25, 0.3) is 0 Å². The minimum absolute atomic E-state index is 0.0976. The fourth-order valence-electron chi connectivity index (χ4n) is 3.63. The molecule has 35 heavy (non-hydrogen) atoms. The van der Waals surface area contributed by atoms with Crippen LogP contribution in [0, 0.1) is 5.82 Å². The van der Waals surface area contributed by atoms with Crippen molar-refractivity contribution in [2.24, 2.45) is 0 Å². The third-order valence-electron chi connectivity index (χ3n) is 5.40. The van der Waals surface area contributed by atoms with Crippen molar-refractivity contribution >= 4 is 46.8 Å². The summed E-state index contributed by atoms with van der Waals surface area (Å²) in [5.74, 6) is -0.304. The zero-order valence-electron chi connectivity index (χ0n) is 19.3. The first-order valence-electron chi connectivity index (χ1n) is 11.2. The van der Waals surface area contributed by atoms with Crippen LogP contribution in [-0.2, 0) is 28.3 Å². The van der Waals surface area contributed by atoms with Gasteiger partial charge in [0.1, 0.15) is 11.9 Å². The Kier molecular flexibility index (Phi) is 10.5. The van der Waals surface area contributed by atoms with E-state index in [0.29, 0.717) is 34.3 Å². The van der Waals surface area contributed by atoms with Gasteiger partial charge in [-0.2, -0.15) is 0 Å². The summed E-state index contributed by atoms with van der Waals surface area (Å²) >= 11 is 13.6. The molecule has 0 spiro atoms. The molecule has 0 aromatic heterocycles. The second kappa shape index (κ2) is 13.5. The number of hydrogen-bond acceptors (Lipinski definition) is 3. The molecule has 0 bridgehead atoms. The molecule has 0 unspecified atom stereocenters. The van der Waals surface area contributed by atoms with E-state index in [1.807, 2.05) is 37.3 Å². The number of carbonyl (C=O) groups excluding carboxylic acids is 2. The Balaban J connectivity index is 1.85. The van der Waals surface area contributed by atoms with Crippen molar-refractivity contribution in [3.8, 4) is 0 Å². The van der Waals surface area contributed by atoms with Crippen LogP contribution in [0.5, 0.6) is 0 Å². The zero-order valence-corrected chi connectivity index (χ0v) is 21.7. The van der Waals surface area contributed by atoms with Crippen LogP contribution in [0.4, 0.5) is 4.39 Å². The molecule has 3 aromatic carbocycles. The lowest BCUT2D eigenvalue weighted by molar-refractivity contribution is -0.139. The molecule has 0 heterocycles. The molecule has 0 aliphatic rings. The Labute approximate surface area is 219 Å². The summed E-state index contributed by atoms with van der Waals surface area (Å²) < 4.78 is 14.0. The molecule has 0 saturated carbocycles. The van der Waals surface area contributed by atoms with Crippen molar-refractivity contribution in [3.63, 3.8) is 0 Å². The Morgan fingerprint density at radius 3 is 2.37 bits per heavy atom. The van der Waals surface area contributed by atoms with Gasteiger partial charge >= 0.3 is 0 Å². The molecule has 1 atom stereocenters. The molecule has 0 fully saturated rings. The van der Waals surface area contributed by atoms with Crippen LogP contribution in [0.25, 0.3) is 0 Å². The molecule has 3 rings (SSSR count). The number of nitrogens with zero attached hydrogens (tertiary/aromatic N) is 1. The van der Waals surface area contributed by atoms with Gasteiger partial charge in [-0.05, 0) is 41.8 Å². The van der Waals surface area contributed by atoms with E-state index in [0.717, 1.165) is 11.1 Å². The molecule has 184 valence electrons. The van der Waals surface area contributed by atoms with Gasteiger partial charge < -0.3 is 10.2 Å². The minimum atomic E-state index is -0.728. The van der Waals surface area contributed by atoms with Crippen LogP contribution in [0.3, 0.4) is 0 Å². The number of likely N-dealkylation sites (N-methyl/N-ethyl adjacent to an activating group) is 1. The summed E-state index contributed by atoms with van der Waals surface area (Å²) in [5, 5.41) is 3.65. The van der Waals surface area contributed by atoms with E-state index in [1.165, 1.54) is 17.8 Å². The van der Waals surface area contributed by atoms with E-state index < -0.39 is 6.04 Å². The SMILES string of the molecule is CCNC(=O)[C@H](Cc1ccccc1)N(Cc1ccc(Cl)c(Cl)c1)C(=O)CSCc1ccccc1F. The number of rotatable bonds is 11. The summed E-state index contributed by atoms with van der Waals surface area (Å²) in [6, 6.07) is 20.5. The van der Waals surface area contributed by atoms with Gasteiger partial charge in [-0.1, -0.05) is 77.8 Å². The van der Waals surface area contributed by atoms with Gasteiger partial charge in [-0.3, -0.25) is 9.59 Å². The maximum Gasteiger partial charge on any atom is 0.243 e. The molecule has 0 aliphatic carbocycles. The number of amides is 2. The molecule has 8 heteroatoms. The van der Waals surface area contributed by atoms with Crippen molar-refractivity contribution in [1.29, 1.82) is 0 Å². The fraction of sp³-hybridized carbons (Fsp3) is 0.259. The van der Waals surface area contributed by atoms with Gasteiger partial charge in [0.05, 0.1) is 15.8 Å². The van der Waals surface area contributed by atoms with Crippen LogP contribution in [-0.4, -0.2) is 35.1 Å². The van der Waals surface area contributed by atoms with Crippen molar-refractivity contribution in [3.05, 3.63) is 105 Å². The number of thioether (sulfide) groups is 1. The van der Waals surface area contributed by atoms with Crippen molar-refractivity contribution in [2.45, 2.75) is 31.7 Å². The average Bonchev–Trinajstić information content (AvgIpc) is 2.85. The number of benzene rings is 3. The van der Waals surface area contributed by atoms with Crippen molar-refractivity contribution < 1.29 is 14.0 Å². The third-order valence-corrected chi connectivity index (χ3v) is 7.11. The molecule has 3 aromatic rings. The highest BCUT2D eigenvalue weighted by Gasteiger charge is 2.30. The van der Waals surface area contributed by atoms with E-state index in [4.69, 9.17) is 23.2 Å². The standard InChI is InChI=1S/C27H27Cl2FN2O2S/c1-2-31-27(34)25(15-19-8-4-3-5-9-19)32(16-20-12-13-22(28)23(29)14-20)26(33)18-35-17-21-10-6-7-11-24(21)30/h3-14,25H,2,15-18H2,1H3,(H,31,34)/t25-/m0/s1. The lowest BCUT2D eigenvalue weighted by Gasteiger charge is -2.31. The molecule has 1 N–H and O–H groups in total. The summed E-state index contributed by atoms with van der Waals surface area (Å²) in [6.07, 6.45) is 0.359. The highest BCUT2D eigenvalue weighted by molar-refractivity contribution is 7.99. The van der Waals surface area contributed by atoms with Crippen LogP contribution in [0.15, 0.2) is 72.8 Å².